The topological polar surface area (TPSA) is 60.0 Å². The van der Waals surface area contributed by atoms with Crippen LogP contribution in [0.4, 0.5) is 0 Å². The Labute approximate surface area is 199 Å². The Bertz CT molecular complexity index is 896. The number of aliphatic imine (C=N–C) groups is 1. The lowest BCUT2D eigenvalue weighted by atomic mass is 10.0. The summed E-state index contributed by atoms with van der Waals surface area (Å²) in [6.07, 6.45) is 4.57. The van der Waals surface area contributed by atoms with E-state index in [0.29, 0.717) is 6.04 Å². The van der Waals surface area contributed by atoms with Crippen molar-refractivity contribution in [3.63, 3.8) is 0 Å². The molecule has 1 amide bonds. The molecule has 1 aliphatic heterocycles. The maximum absolute atomic E-state index is 12.2. The second-order valence-corrected chi connectivity index (χ2v) is 8.90. The van der Waals surface area contributed by atoms with Crippen LogP contribution in [0.25, 0.3) is 0 Å². The lowest BCUT2D eigenvalue weighted by Crippen LogP contribution is -2.43. The molecule has 178 valence electrons. The summed E-state index contributed by atoms with van der Waals surface area (Å²) >= 11 is 0. The molecule has 2 aromatic carbocycles. The van der Waals surface area contributed by atoms with Crippen LogP contribution in [0.3, 0.4) is 0 Å². The van der Waals surface area contributed by atoms with Gasteiger partial charge in [-0.15, -0.1) is 0 Å². The Hall–Kier alpha value is -2.86. The van der Waals surface area contributed by atoms with Gasteiger partial charge >= 0.3 is 0 Å². The van der Waals surface area contributed by atoms with Gasteiger partial charge in [-0.2, -0.15) is 0 Å². The molecular formula is C27H39N5O. The highest BCUT2D eigenvalue weighted by atomic mass is 16.2. The molecule has 6 heteroatoms. The molecule has 0 radical (unpaired) electrons. The van der Waals surface area contributed by atoms with Gasteiger partial charge < -0.3 is 15.5 Å². The van der Waals surface area contributed by atoms with E-state index in [1.807, 2.05) is 18.2 Å². The molecule has 1 atom stereocenters. The molecule has 1 aliphatic rings. The number of piperidine rings is 1. The lowest BCUT2D eigenvalue weighted by Gasteiger charge is -2.35. The summed E-state index contributed by atoms with van der Waals surface area (Å²) in [5.41, 5.74) is 3.25. The number of rotatable bonds is 9. The zero-order valence-electron chi connectivity index (χ0n) is 20.4. The van der Waals surface area contributed by atoms with Gasteiger partial charge in [0.1, 0.15) is 0 Å². The minimum Gasteiger partial charge on any atom is -0.357 e. The Morgan fingerprint density at radius 3 is 2.61 bits per heavy atom. The van der Waals surface area contributed by atoms with Gasteiger partial charge in [0.25, 0.3) is 5.91 Å². The van der Waals surface area contributed by atoms with E-state index < -0.39 is 0 Å². The van der Waals surface area contributed by atoms with Crippen molar-refractivity contribution in [2.24, 2.45) is 4.99 Å². The quantitative estimate of drug-likeness (QED) is 0.454. The van der Waals surface area contributed by atoms with E-state index in [2.05, 4.69) is 58.9 Å². The molecule has 1 unspecified atom stereocenters. The third-order valence-corrected chi connectivity index (χ3v) is 6.07. The van der Waals surface area contributed by atoms with Crippen LogP contribution in [-0.2, 0) is 13.0 Å². The lowest BCUT2D eigenvalue weighted by molar-refractivity contribution is 0.0827. The third kappa shape index (κ3) is 7.90. The van der Waals surface area contributed by atoms with Gasteiger partial charge in [-0.1, -0.05) is 48.9 Å². The predicted molar refractivity (Wildman–Crippen MR) is 137 cm³/mol. The Morgan fingerprint density at radius 1 is 1.06 bits per heavy atom. The third-order valence-electron chi connectivity index (χ3n) is 6.07. The van der Waals surface area contributed by atoms with E-state index in [-0.39, 0.29) is 5.91 Å². The molecule has 0 spiro atoms. The van der Waals surface area contributed by atoms with Crippen molar-refractivity contribution >= 4 is 11.9 Å². The first-order valence-electron chi connectivity index (χ1n) is 12.2. The number of amides is 1. The zero-order chi connectivity index (χ0) is 23.5. The molecule has 6 nitrogen and oxygen atoms in total. The highest BCUT2D eigenvalue weighted by Crippen LogP contribution is 2.20. The van der Waals surface area contributed by atoms with E-state index in [9.17, 15) is 4.79 Å². The standard InChI is InChI=1S/C27H39N5O/c1-4-28-27(29-17-16-22-13-10-14-24(19-22)26(33)31(2)3)30-20-25-15-8-9-18-32(25)21-23-11-6-5-7-12-23/h5-7,10-14,19,25H,4,8-9,15-18,20-21H2,1-3H3,(H2,28,29,30). The summed E-state index contributed by atoms with van der Waals surface area (Å²) < 4.78 is 0. The number of carbonyl (C=O) groups excluding carboxylic acids is 1. The van der Waals surface area contributed by atoms with Gasteiger partial charge in [0.05, 0.1) is 6.54 Å². The summed E-state index contributed by atoms with van der Waals surface area (Å²) in [6.45, 7) is 6.62. The van der Waals surface area contributed by atoms with E-state index in [1.54, 1.807) is 19.0 Å². The van der Waals surface area contributed by atoms with Crippen molar-refractivity contribution < 1.29 is 4.79 Å². The summed E-state index contributed by atoms with van der Waals surface area (Å²) in [4.78, 5) is 21.3. The fourth-order valence-corrected chi connectivity index (χ4v) is 4.27. The second-order valence-electron chi connectivity index (χ2n) is 8.90. The largest absolute Gasteiger partial charge is 0.357 e. The number of guanidine groups is 1. The summed E-state index contributed by atoms with van der Waals surface area (Å²) in [6, 6.07) is 19.1. The minimum atomic E-state index is 0.0345. The van der Waals surface area contributed by atoms with Crippen molar-refractivity contribution in [3.8, 4) is 0 Å². The molecule has 1 heterocycles. The Balaban J connectivity index is 1.55. The van der Waals surface area contributed by atoms with Crippen molar-refractivity contribution in [3.05, 3.63) is 71.3 Å². The van der Waals surface area contributed by atoms with Gasteiger partial charge in [-0.25, -0.2) is 0 Å². The van der Waals surface area contributed by atoms with Crippen LogP contribution in [0, 0.1) is 0 Å². The number of hydrogen-bond acceptors (Lipinski definition) is 3. The van der Waals surface area contributed by atoms with Crippen molar-refractivity contribution in [2.45, 2.75) is 45.2 Å². The van der Waals surface area contributed by atoms with Crippen LogP contribution in [0.15, 0.2) is 59.6 Å². The molecule has 0 aliphatic carbocycles. The maximum Gasteiger partial charge on any atom is 0.253 e. The second kappa shape index (κ2) is 13.0. The van der Waals surface area contributed by atoms with Crippen LogP contribution < -0.4 is 10.6 Å². The number of likely N-dealkylation sites (tertiary alicyclic amines) is 1. The van der Waals surface area contributed by atoms with Crippen molar-refractivity contribution in [2.75, 3.05) is 40.3 Å². The first kappa shape index (κ1) is 24.8. The highest BCUT2D eigenvalue weighted by Gasteiger charge is 2.22. The average Bonchev–Trinajstić information content (AvgIpc) is 2.83. The van der Waals surface area contributed by atoms with Crippen LogP contribution in [-0.4, -0.2) is 68.0 Å². The molecule has 0 bridgehead atoms. The van der Waals surface area contributed by atoms with Gasteiger partial charge in [0.15, 0.2) is 5.96 Å². The fraction of sp³-hybridized carbons (Fsp3) is 0.481. The van der Waals surface area contributed by atoms with Crippen LogP contribution in [0.2, 0.25) is 0 Å². The van der Waals surface area contributed by atoms with Gasteiger partial charge in [-0.05, 0) is 56.0 Å². The first-order chi connectivity index (χ1) is 16.1. The SMILES string of the molecule is CCNC(=NCC1CCCCN1Cc1ccccc1)NCCc1cccc(C(=O)N(C)C)c1. The Kier molecular flexibility index (Phi) is 9.76. The van der Waals surface area contributed by atoms with Crippen LogP contribution >= 0.6 is 0 Å². The van der Waals surface area contributed by atoms with E-state index in [1.165, 1.54) is 24.8 Å². The molecule has 3 rings (SSSR count). The number of nitrogens with one attached hydrogen (secondary N) is 2. The molecule has 0 aromatic heterocycles. The predicted octanol–water partition coefficient (Wildman–Crippen LogP) is 3.54. The smallest absolute Gasteiger partial charge is 0.253 e. The Morgan fingerprint density at radius 2 is 1.85 bits per heavy atom. The fourth-order valence-electron chi connectivity index (χ4n) is 4.27. The molecule has 2 aromatic rings. The minimum absolute atomic E-state index is 0.0345. The van der Waals surface area contributed by atoms with E-state index in [0.717, 1.165) is 56.2 Å². The number of carbonyl (C=O) groups is 1. The van der Waals surface area contributed by atoms with Gasteiger partial charge in [0.2, 0.25) is 0 Å². The summed E-state index contributed by atoms with van der Waals surface area (Å²) in [7, 11) is 3.56. The van der Waals surface area contributed by atoms with Gasteiger partial charge in [0, 0.05) is 45.3 Å². The van der Waals surface area contributed by atoms with Crippen molar-refractivity contribution in [1.82, 2.24) is 20.4 Å². The van der Waals surface area contributed by atoms with Crippen LogP contribution in [0.5, 0.6) is 0 Å². The zero-order valence-corrected chi connectivity index (χ0v) is 20.4. The normalized spacial score (nSPS) is 16.9. The molecule has 2 N–H and O–H groups in total. The number of nitrogens with zero attached hydrogens (tertiary/aromatic N) is 3. The monoisotopic (exact) mass is 449 g/mol. The van der Waals surface area contributed by atoms with Crippen LogP contribution in [0.1, 0.15) is 47.7 Å². The molecule has 0 saturated carbocycles. The molecular weight excluding hydrogens is 410 g/mol. The van der Waals surface area contributed by atoms with Crippen molar-refractivity contribution in [1.29, 1.82) is 0 Å². The number of hydrogen-bond donors (Lipinski definition) is 2. The summed E-state index contributed by atoms with van der Waals surface area (Å²) in [5.74, 6) is 0.899. The molecule has 1 fully saturated rings. The average molecular weight is 450 g/mol. The molecule has 1 saturated heterocycles. The molecule has 33 heavy (non-hydrogen) atoms. The first-order valence-corrected chi connectivity index (χ1v) is 12.2. The van der Waals surface area contributed by atoms with E-state index in [4.69, 9.17) is 4.99 Å². The summed E-state index contributed by atoms with van der Waals surface area (Å²) in [5, 5.41) is 6.85. The van der Waals surface area contributed by atoms with E-state index >= 15 is 0 Å². The number of benzene rings is 2. The maximum atomic E-state index is 12.2. The highest BCUT2D eigenvalue weighted by molar-refractivity contribution is 5.94. The van der Waals surface area contributed by atoms with Gasteiger partial charge in [-0.3, -0.25) is 14.7 Å².